The molecule has 0 unspecified atom stereocenters. The van der Waals surface area contributed by atoms with Crippen LogP contribution in [0.4, 0.5) is 0 Å². The van der Waals surface area contributed by atoms with E-state index in [1.165, 1.54) is 37.2 Å². The third-order valence-electron chi connectivity index (χ3n) is 3.56. The number of rotatable bonds is 4. The van der Waals surface area contributed by atoms with Gasteiger partial charge in [0.25, 0.3) is 0 Å². The average Bonchev–Trinajstić information content (AvgIpc) is 2.85. The summed E-state index contributed by atoms with van der Waals surface area (Å²) in [4.78, 5) is 2.51. The van der Waals surface area contributed by atoms with Crippen molar-refractivity contribution in [2.45, 2.75) is 39.8 Å². The summed E-state index contributed by atoms with van der Waals surface area (Å²) in [5, 5.41) is 4.55. The normalized spacial score (nSPS) is 17.2. The summed E-state index contributed by atoms with van der Waals surface area (Å²) in [5.41, 5.74) is 9.25. The van der Waals surface area contributed by atoms with Gasteiger partial charge in [-0.25, -0.2) is 0 Å². The number of hydrogen-bond acceptors (Lipinski definition) is 3. The monoisotopic (exact) mass is 222 g/mol. The Bertz CT molecular complexity index is 350. The van der Waals surface area contributed by atoms with Crippen LogP contribution in [0.1, 0.15) is 29.8 Å². The molecule has 0 aromatic carbocycles. The highest BCUT2D eigenvalue weighted by molar-refractivity contribution is 5.23. The van der Waals surface area contributed by atoms with Gasteiger partial charge in [0.1, 0.15) is 0 Å². The highest BCUT2D eigenvalue weighted by Gasteiger charge is 2.13. The highest BCUT2D eigenvalue weighted by atomic mass is 15.3. The lowest BCUT2D eigenvalue weighted by Crippen LogP contribution is -2.24. The zero-order chi connectivity index (χ0) is 11.5. The van der Waals surface area contributed by atoms with Gasteiger partial charge in [-0.2, -0.15) is 5.10 Å². The van der Waals surface area contributed by atoms with E-state index in [4.69, 9.17) is 5.73 Å². The standard InChI is InChI=1S/C12H22N4/c1-10-12(9-13)11(2)16(14-10)8-7-15-5-3-4-6-15/h3-9,13H2,1-2H3. The van der Waals surface area contributed by atoms with Crippen molar-refractivity contribution in [3.05, 3.63) is 17.0 Å². The van der Waals surface area contributed by atoms with Crippen LogP contribution in [0.15, 0.2) is 0 Å². The quantitative estimate of drug-likeness (QED) is 0.828. The van der Waals surface area contributed by atoms with E-state index in [0.29, 0.717) is 6.54 Å². The number of nitrogens with two attached hydrogens (primary N) is 1. The Morgan fingerprint density at radius 2 is 1.88 bits per heavy atom. The average molecular weight is 222 g/mol. The summed E-state index contributed by atoms with van der Waals surface area (Å²) in [7, 11) is 0. The molecule has 1 aliphatic rings. The van der Waals surface area contributed by atoms with Crippen molar-refractivity contribution in [2.24, 2.45) is 5.73 Å². The van der Waals surface area contributed by atoms with Crippen LogP contribution in [-0.2, 0) is 13.1 Å². The van der Waals surface area contributed by atoms with Gasteiger partial charge in [0.2, 0.25) is 0 Å². The molecule has 1 saturated heterocycles. The third kappa shape index (κ3) is 2.28. The zero-order valence-electron chi connectivity index (χ0n) is 10.4. The maximum atomic E-state index is 5.72. The molecule has 2 heterocycles. The molecule has 1 aromatic heterocycles. The SMILES string of the molecule is Cc1nn(CCN2CCCC2)c(C)c1CN. The molecule has 1 fully saturated rings. The van der Waals surface area contributed by atoms with Crippen LogP contribution >= 0.6 is 0 Å². The summed E-state index contributed by atoms with van der Waals surface area (Å²) in [6.45, 7) is 9.37. The minimum Gasteiger partial charge on any atom is -0.326 e. The maximum absolute atomic E-state index is 5.72. The molecular weight excluding hydrogens is 200 g/mol. The van der Waals surface area contributed by atoms with E-state index < -0.39 is 0 Å². The first-order valence-corrected chi connectivity index (χ1v) is 6.17. The maximum Gasteiger partial charge on any atom is 0.0641 e. The summed E-state index contributed by atoms with van der Waals surface area (Å²) >= 11 is 0. The van der Waals surface area contributed by atoms with Crippen LogP contribution in [0.3, 0.4) is 0 Å². The lowest BCUT2D eigenvalue weighted by atomic mass is 10.2. The van der Waals surface area contributed by atoms with Crippen molar-refractivity contribution >= 4 is 0 Å². The first-order valence-electron chi connectivity index (χ1n) is 6.17. The van der Waals surface area contributed by atoms with Crippen molar-refractivity contribution < 1.29 is 0 Å². The van der Waals surface area contributed by atoms with Crippen LogP contribution < -0.4 is 5.73 Å². The van der Waals surface area contributed by atoms with Crippen LogP contribution in [-0.4, -0.2) is 34.3 Å². The van der Waals surface area contributed by atoms with E-state index in [1.54, 1.807) is 0 Å². The topological polar surface area (TPSA) is 47.1 Å². The molecular formula is C12H22N4. The van der Waals surface area contributed by atoms with Crippen molar-refractivity contribution in [3.63, 3.8) is 0 Å². The number of likely N-dealkylation sites (tertiary alicyclic amines) is 1. The molecule has 1 aromatic rings. The second kappa shape index (κ2) is 4.97. The molecule has 2 rings (SSSR count). The summed E-state index contributed by atoms with van der Waals surface area (Å²) in [5.74, 6) is 0. The van der Waals surface area contributed by atoms with Crippen molar-refractivity contribution in [1.82, 2.24) is 14.7 Å². The molecule has 4 nitrogen and oxygen atoms in total. The summed E-state index contributed by atoms with van der Waals surface area (Å²) < 4.78 is 2.11. The van der Waals surface area contributed by atoms with Crippen LogP contribution in [0, 0.1) is 13.8 Å². The Morgan fingerprint density at radius 1 is 1.19 bits per heavy atom. The molecule has 0 aliphatic carbocycles. The molecule has 2 N–H and O–H groups in total. The van der Waals surface area contributed by atoms with Crippen LogP contribution in [0.25, 0.3) is 0 Å². The lowest BCUT2D eigenvalue weighted by Gasteiger charge is -2.14. The van der Waals surface area contributed by atoms with Gasteiger partial charge in [0.05, 0.1) is 12.2 Å². The van der Waals surface area contributed by atoms with E-state index in [-0.39, 0.29) is 0 Å². The molecule has 1 aliphatic heterocycles. The molecule has 0 spiro atoms. The van der Waals surface area contributed by atoms with E-state index in [9.17, 15) is 0 Å². The minimum absolute atomic E-state index is 0.599. The fourth-order valence-corrected chi connectivity index (χ4v) is 2.49. The van der Waals surface area contributed by atoms with E-state index in [2.05, 4.69) is 21.6 Å². The van der Waals surface area contributed by atoms with E-state index in [1.807, 2.05) is 6.92 Å². The first kappa shape index (κ1) is 11.6. The second-order valence-corrected chi connectivity index (χ2v) is 4.63. The van der Waals surface area contributed by atoms with E-state index in [0.717, 1.165) is 18.8 Å². The van der Waals surface area contributed by atoms with Gasteiger partial charge in [-0.1, -0.05) is 0 Å². The Hall–Kier alpha value is -0.870. The number of aromatic nitrogens is 2. The lowest BCUT2D eigenvalue weighted by molar-refractivity contribution is 0.314. The van der Waals surface area contributed by atoms with Crippen LogP contribution in [0.2, 0.25) is 0 Å². The molecule has 0 atom stereocenters. The molecule has 0 bridgehead atoms. The van der Waals surface area contributed by atoms with Gasteiger partial charge in [-0.3, -0.25) is 4.68 Å². The first-order chi connectivity index (χ1) is 7.72. The fourth-order valence-electron chi connectivity index (χ4n) is 2.49. The van der Waals surface area contributed by atoms with Gasteiger partial charge < -0.3 is 10.6 Å². The highest BCUT2D eigenvalue weighted by Crippen LogP contribution is 2.13. The van der Waals surface area contributed by atoms with E-state index >= 15 is 0 Å². The third-order valence-corrected chi connectivity index (χ3v) is 3.56. The molecule has 4 heteroatoms. The predicted molar refractivity (Wildman–Crippen MR) is 65.3 cm³/mol. The summed E-state index contributed by atoms with van der Waals surface area (Å²) in [6, 6.07) is 0. The second-order valence-electron chi connectivity index (χ2n) is 4.63. The smallest absolute Gasteiger partial charge is 0.0641 e. The van der Waals surface area contributed by atoms with Crippen molar-refractivity contribution in [1.29, 1.82) is 0 Å². The predicted octanol–water partition coefficient (Wildman–Crippen LogP) is 1.05. The Labute approximate surface area is 97.4 Å². The zero-order valence-corrected chi connectivity index (χ0v) is 10.4. The number of hydrogen-bond donors (Lipinski definition) is 1. The van der Waals surface area contributed by atoms with Gasteiger partial charge in [0, 0.05) is 24.3 Å². The number of nitrogens with zero attached hydrogens (tertiary/aromatic N) is 3. The Balaban J connectivity index is 1.98. The van der Waals surface area contributed by atoms with Gasteiger partial charge in [-0.15, -0.1) is 0 Å². The molecule has 0 saturated carbocycles. The van der Waals surface area contributed by atoms with Crippen molar-refractivity contribution in [3.8, 4) is 0 Å². The molecule has 0 radical (unpaired) electrons. The number of aryl methyl sites for hydroxylation is 1. The minimum atomic E-state index is 0.599. The van der Waals surface area contributed by atoms with Gasteiger partial charge in [-0.05, 0) is 39.8 Å². The van der Waals surface area contributed by atoms with Crippen molar-refractivity contribution in [2.75, 3.05) is 19.6 Å². The van der Waals surface area contributed by atoms with Gasteiger partial charge >= 0.3 is 0 Å². The Kier molecular flexibility index (Phi) is 3.61. The Morgan fingerprint density at radius 3 is 2.44 bits per heavy atom. The fraction of sp³-hybridized carbons (Fsp3) is 0.750. The molecule has 0 amide bonds. The largest absolute Gasteiger partial charge is 0.326 e. The van der Waals surface area contributed by atoms with Gasteiger partial charge in [0.15, 0.2) is 0 Å². The van der Waals surface area contributed by atoms with Crippen LogP contribution in [0.5, 0.6) is 0 Å². The molecule has 16 heavy (non-hydrogen) atoms. The summed E-state index contributed by atoms with van der Waals surface area (Å²) in [6.07, 6.45) is 2.70. The molecule has 90 valence electrons.